The lowest BCUT2D eigenvalue weighted by molar-refractivity contribution is 0.102. The lowest BCUT2D eigenvalue weighted by atomic mass is 10.3. The number of nitrogens with one attached hydrogen (secondary N) is 1. The Morgan fingerprint density at radius 3 is 3.05 bits per heavy atom. The number of hydrogen-bond donors (Lipinski definition) is 1. The Hall–Kier alpha value is -1.89. The molecule has 0 unspecified atom stereocenters. The molecule has 0 aliphatic heterocycles. The Kier molecular flexibility index (Phi) is 4.16. The highest BCUT2D eigenvalue weighted by Gasteiger charge is 2.14. The van der Waals surface area contributed by atoms with Crippen LogP contribution >= 0.6 is 15.9 Å². The molecule has 0 aromatic carbocycles. The number of oxazole rings is 1. The maximum absolute atomic E-state index is 11.9. The standard InChI is InChI=1S/C12H12BrN3O3/c1-3-18-12-15-9(6-19-12)11(17)16-10-8(13)4-7(2)5-14-10/h4-6H,3H2,1-2H3,(H,14,16,17). The van der Waals surface area contributed by atoms with Crippen LogP contribution in [0.3, 0.4) is 0 Å². The van der Waals surface area contributed by atoms with Gasteiger partial charge in [-0.1, -0.05) is 0 Å². The molecule has 1 N–H and O–H groups in total. The smallest absolute Gasteiger partial charge is 0.394 e. The van der Waals surface area contributed by atoms with Gasteiger partial charge in [0.2, 0.25) is 0 Å². The van der Waals surface area contributed by atoms with Gasteiger partial charge in [-0.25, -0.2) is 4.98 Å². The Balaban J connectivity index is 2.11. The van der Waals surface area contributed by atoms with E-state index in [1.54, 1.807) is 13.1 Å². The van der Waals surface area contributed by atoms with E-state index in [1.165, 1.54) is 6.26 Å². The van der Waals surface area contributed by atoms with Gasteiger partial charge in [0.05, 0.1) is 11.1 Å². The zero-order valence-electron chi connectivity index (χ0n) is 10.4. The number of amides is 1. The molecule has 0 aliphatic rings. The quantitative estimate of drug-likeness (QED) is 0.935. The van der Waals surface area contributed by atoms with Crippen LogP contribution in [0.5, 0.6) is 6.08 Å². The van der Waals surface area contributed by atoms with Crippen LogP contribution in [-0.4, -0.2) is 22.5 Å². The van der Waals surface area contributed by atoms with Crippen molar-refractivity contribution >= 4 is 27.7 Å². The molecular formula is C12H12BrN3O3. The highest BCUT2D eigenvalue weighted by atomic mass is 79.9. The molecule has 0 spiro atoms. The van der Waals surface area contributed by atoms with E-state index in [9.17, 15) is 4.79 Å². The Bertz CT molecular complexity index is 598. The van der Waals surface area contributed by atoms with Crippen molar-refractivity contribution in [3.63, 3.8) is 0 Å². The molecule has 0 bridgehead atoms. The van der Waals surface area contributed by atoms with Crippen LogP contribution in [0.25, 0.3) is 0 Å². The van der Waals surface area contributed by atoms with Crippen LogP contribution in [0.1, 0.15) is 23.0 Å². The first-order chi connectivity index (χ1) is 9.10. The number of rotatable bonds is 4. The molecule has 0 atom stereocenters. The van der Waals surface area contributed by atoms with E-state index in [2.05, 4.69) is 31.2 Å². The Labute approximate surface area is 118 Å². The molecule has 7 heteroatoms. The van der Waals surface area contributed by atoms with Gasteiger partial charge < -0.3 is 14.5 Å². The maximum Gasteiger partial charge on any atom is 0.394 e. The summed E-state index contributed by atoms with van der Waals surface area (Å²) in [6, 6.07) is 1.86. The van der Waals surface area contributed by atoms with E-state index < -0.39 is 5.91 Å². The zero-order valence-corrected chi connectivity index (χ0v) is 12.0. The first-order valence-electron chi connectivity index (χ1n) is 5.62. The molecule has 0 saturated carbocycles. The third-order valence-corrected chi connectivity index (χ3v) is 2.80. The summed E-state index contributed by atoms with van der Waals surface area (Å²) < 4.78 is 10.7. The van der Waals surface area contributed by atoms with Crippen LogP contribution in [0, 0.1) is 6.92 Å². The second-order valence-electron chi connectivity index (χ2n) is 3.73. The molecule has 100 valence electrons. The summed E-state index contributed by atoms with van der Waals surface area (Å²) in [5, 5.41) is 2.63. The number of ether oxygens (including phenoxy) is 1. The van der Waals surface area contributed by atoms with E-state index in [1.807, 2.05) is 13.0 Å². The van der Waals surface area contributed by atoms with Gasteiger partial charge in [-0.15, -0.1) is 0 Å². The van der Waals surface area contributed by atoms with Gasteiger partial charge in [0.25, 0.3) is 5.91 Å². The molecule has 0 aliphatic carbocycles. The first-order valence-corrected chi connectivity index (χ1v) is 6.41. The lowest BCUT2D eigenvalue weighted by Crippen LogP contribution is -2.14. The molecule has 2 rings (SSSR count). The summed E-state index contributed by atoms with van der Waals surface area (Å²) in [7, 11) is 0. The average Bonchev–Trinajstić information content (AvgIpc) is 2.82. The second-order valence-corrected chi connectivity index (χ2v) is 4.58. The van der Waals surface area contributed by atoms with Crippen molar-refractivity contribution in [3.8, 4) is 6.08 Å². The highest BCUT2D eigenvalue weighted by molar-refractivity contribution is 9.10. The van der Waals surface area contributed by atoms with Gasteiger partial charge in [0.1, 0.15) is 12.1 Å². The number of anilines is 1. The van der Waals surface area contributed by atoms with Gasteiger partial charge in [-0.3, -0.25) is 4.79 Å². The SMILES string of the molecule is CCOc1nc(C(=O)Nc2ncc(C)cc2Br)co1. The van der Waals surface area contributed by atoms with Crippen LogP contribution in [0.2, 0.25) is 0 Å². The number of pyridine rings is 1. The number of carbonyl (C=O) groups is 1. The second kappa shape index (κ2) is 5.83. The average molecular weight is 326 g/mol. The van der Waals surface area contributed by atoms with Gasteiger partial charge in [0.15, 0.2) is 5.69 Å². The predicted molar refractivity (Wildman–Crippen MR) is 72.3 cm³/mol. The van der Waals surface area contributed by atoms with E-state index >= 15 is 0 Å². The molecule has 1 amide bonds. The van der Waals surface area contributed by atoms with Crippen LogP contribution < -0.4 is 10.1 Å². The number of halogens is 1. The number of aryl methyl sites for hydroxylation is 1. The molecule has 2 aromatic heterocycles. The summed E-state index contributed by atoms with van der Waals surface area (Å²) in [5.74, 6) is 0.0170. The van der Waals surface area contributed by atoms with Gasteiger partial charge in [0, 0.05) is 6.20 Å². The minimum atomic E-state index is -0.410. The largest absolute Gasteiger partial charge is 0.450 e. The summed E-state index contributed by atoms with van der Waals surface area (Å²) in [5.41, 5.74) is 1.13. The number of carbonyl (C=O) groups excluding carboxylic acids is 1. The van der Waals surface area contributed by atoms with Crippen molar-refractivity contribution in [2.45, 2.75) is 13.8 Å². The Morgan fingerprint density at radius 1 is 1.58 bits per heavy atom. The highest BCUT2D eigenvalue weighted by Crippen LogP contribution is 2.21. The van der Waals surface area contributed by atoms with Gasteiger partial charge in [-0.2, -0.15) is 4.98 Å². The normalized spacial score (nSPS) is 10.3. The minimum absolute atomic E-state index is 0.0728. The molecule has 19 heavy (non-hydrogen) atoms. The van der Waals surface area contributed by atoms with Crippen molar-refractivity contribution in [1.82, 2.24) is 9.97 Å². The third kappa shape index (κ3) is 3.31. The maximum atomic E-state index is 11.9. The van der Waals surface area contributed by atoms with E-state index in [-0.39, 0.29) is 11.8 Å². The summed E-state index contributed by atoms with van der Waals surface area (Å²) in [6.07, 6.45) is 2.97. The van der Waals surface area contributed by atoms with Crippen molar-refractivity contribution in [3.05, 3.63) is 34.3 Å². The number of nitrogens with zero attached hydrogens (tertiary/aromatic N) is 2. The van der Waals surface area contributed by atoms with E-state index in [4.69, 9.17) is 9.15 Å². The van der Waals surface area contributed by atoms with Crippen molar-refractivity contribution < 1.29 is 13.9 Å². The Morgan fingerprint density at radius 2 is 2.37 bits per heavy atom. The fourth-order valence-corrected chi connectivity index (χ4v) is 1.91. The van der Waals surface area contributed by atoms with Crippen molar-refractivity contribution in [2.24, 2.45) is 0 Å². The molecule has 2 heterocycles. The fraction of sp³-hybridized carbons (Fsp3) is 0.250. The van der Waals surface area contributed by atoms with Crippen LogP contribution in [0.4, 0.5) is 5.82 Å². The zero-order chi connectivity index (χ0) is 13.8. The van der Waals surface area contributed by atoms with E-state index in [0.717, 1.165) is 5.56 Å². The summed E-state index contributed by atoms with van der Waals surface area (Å²) in [6.45, 7) is 4.14. The molecule has 0 radical (unpaired) electrons. The molecule has 0 fully saturated rings. The monoisotopic (exact) mass is 325 g/mol. The predicted octanol–water partition coefficient (Wildman–Crippen LogP) is 2.79. The lowest BCUT2D eigenvalue weighted by Gasteiger charge is -2.04. The summed E-state index contributed by atoms with van der Waals surface area (Å²) in [4.78, 5) is 19.9. The molecular weight excluding hydrogens is 314 g/mol. The van der Waals surface area contributed by atoms with Crippen molar-refractivity contribution in [2.75, 3.05) is 11.9 Å². The number of hydrogen-bond acceptors (Lipinski definition) is 5. The van der Waals surface area contributed by atoms with Gasteiger partial charge in [-0.05, 0) is 41.4 Å². The van der Waals surface area contributed by atoms with Crippen LogP contribution in [-0.2, 0) is 0 Å². The summed E-state index contributed by atoms with van der Waals surface area (Å²) >= 11 is 3.33. The minimum Gasteiger partial charge on any atom is -0.450 e. The van der Waals surface area contributed by atoms with E-state index in [0.29, 0.717) is 16.9 Å². The molecule has 6 nitrogen and oxygen atoms in total. The topological polar surface area (TPSA) is 77.2 Å². The third-order valence-electron chi connectivity index (χ3n) is 2.19. The van der Waals surface area contributed by atoms with Crippen LogP contribution in [0.15, 0.2) is 27.4 Å². The molecule has 2 aromatic rings. The first kappa shape index (κ1) is 13.5. The van der Waals surface area contributed by atoms with Crippen molar-refractivity contribution in [1.29, 1.82) is 0 Å². The molecule has 0 saturated heterocycles. The fourth-order valence-electron chi connectivity index (χ4n) is 1.35. The number of aromatic nitrogens is 2. The van der Waals surface area contributed by atoms with Gasteiger partial charge >= 0.3 is 6.08 Å².